The standard InChI is InChI=1S/C15H12F3N3O2S/c16-15(17,18)9-23-11-5-6-19-10(7-11)8-24(22)14-20-12-3-1-2-4-13(12)21-14/h1-7H,8-9H2,(H,20,21). The van der Waals surface area contributed by atoms with E-state index in [0.29, 0.717) is 16.4 Å². The second-order valence-corrected chi connectivity index (χ2v) is 6.30. The Morgan fingerprint density at radius 1 is 1.21 bits per heavy atom. The molecule has 0 amide bonds. The minimum Gasteiger partial charge on any atom is -0.609 e. The van der Waals surface area contributed by atoms with Gasteiger partial charge in [-0.05, 0) is 18.2 Å². The number of aromatic amines is 1. The molecule has 3 rings (SSSR count). The molecule has 0 fully saturated rings. The topological polar surface area (TPSA) is 73.9 Å². The fourth-order valence-corrected chi connectivity index (χ4v) is 3.02. The van der Waals surface area contributed by atoms with E-state index in [1.807, 2.05) is 18.2 Å². The zero-order valence-electron chi connectivity index (χ0n) is 12.2. The summed E-state index contributed by atoms with van der Waals surface area (Å²) in [7, 11) is 0. The Hall–Kier alpha value is -2.26. The van der Waals surface area contributed by atoms with Crippen molar-refractivity contribution in [1.29, 1.82) is 0 Å². The summed E-state index contributed by atoms with van der Waals surface area (Å²) in [6.45, 7) is -1.39. The van der Waals surface area contributed by atoms with Crippen LogP contribution in [0.3, 0.4) is 0 Å². The summed E-state index contributed by atoms with van der Waals surface area (Å²) in [4.78, 5) is 11.2. The minimum atomic E-state index is -4.42. The number of pyridine rings is 1. The van der Waals surface area contributed by atoms with E-state index in [-0.39, 0.29) is 11.5 Å². The van der Waals surface area contributed by atoms with E-state index in [1.165, 1.54) is 18.3 Å². The van der Waals surface area contributed by atoms with Gasteiger partial charge in [0.05, 0.1) is 16.7 Å². The smallest absolute Gasteiger partial charge is 0.422 e. The monoisotopic (exact) mass is 355 g/mol. The van der Waals surface area contributed by atoms with Crippen molar-refractivity contribution in [2.45, 2.75) is 17.1 Å². The molecule has 1 N–H and O–H groups in total. The first-order valence-corrected chi connectivity index (χ1v) is 8.20. The highest BCUT2D eigenvalue weighted by molar-refractivity contribution is 7.90. The minimum absolute atomic E-state index is 0.0169. The van der Waals surface area contributed by atoms with Gasteiger partial charge in [-0.3, -0.25) is 9.97 Å². The van der Waals surface area contributed by atoms with Gasteiger partial charge in [-0.25, -0.2) is 0 Å². The first-order valence-electron chi connectivity index (χ1n) is 6.88. The second kappa shape index (κ2) is 6.70. The van der Waals surface area contributed by atoms with Gasteiger partial charge in [0.15, 0.2) is 12.4 Å². The van der Waals surface area contributed by atoms with Gasteiger partial charge < -0.3 is 9.29 Å². The molecule has 0 radical (unpaired) electrons. The van der Waals surface area contributed by atoms with Crippen molar-refractivity contribution in [1.82, 2.24) is 15.0 Å². The van der Waals surface area contributed by atoms with Crippen LogP contribution in [-0.4, -0.2) is 32.3 Å². The molecule has 3 aromatic rings. The lowest BCUT2D eigenvalue weighted by Crippen LogP contribution is -2.19. The van der Waals surface area contributed by atoms with Crippen LogP contribution in [0.1, 0.15) is 5.69 Å². The number of nitrogens with zero attached hydrogens (tertiary/aromatic N) is 2. The number of H-pyrrole nitrogens is 1. The van der Waals surface area contributed by atoms with Gasteiger partial charge in [0.25, 0.3) is 0 Å². The van der Waals surface area contributed by atoms with Gasteiger partial charge in [-0.2, -0.15) is 18.2 Å². The molecular weight excluding hydrogens is 343 g/mol. The predicted molar refractivity (Wildman–Crippen MR) is 82.0 cm³/mol. The lowest BCUT2D eigenvalue weighted by molar-refractivity contribution is -0.153. The average Bonchev–Trinajstić information content (AvgIpc) is 2.97. The number of hydrogen-bond donors (Lipinski definition) is 1. The molecule has 1 atom stereocenters. The van der Waals surface area contributed by atoms with Crippen LogP contribution in [0.4, 0.5) is 13.2 Å². The normalized spacial score (nSPS) is 13.2. The molecular formula is C15H12F3N3O2S. The third-order valence-electron chi connectivity index (χ3n) is 3.05. The number of alkyl halides is 3. The Morgan fingerprint density at radius 3 is 2.75 bits per heavy atom. The highest BCUT2D eigenvalue weighted by Gasteiger charge is 2.28. The summed E-state index contributed by atoms with van der Waals surface area (Å²) in [5.74, 6) is 0.0437. The first-order chi connectivity index (χ1) is 11.4. The Morgan fingerprint density at radius 2 is 2.00 bits per heavy atom. The summed E-state index contributed by atoms with van der Waals surface area (Å²) in [5.41, 5.74) is 1.81. The second-order valence-electron chi connectivity index (χ2n) is 4.94. The first kappa shape index (κ1) is 16.6. The number of hydrogen-bond acceptors (Lipinski definition) is 4. The molecule has 5 nitrogen and oxygen atoms in total. The van der Waals surface area contributed by atoms with Crippen molar-refractivity contribution >= 4 is 22.2 Å². The van der Waals surface area contributed by atoms with Crippen molar-refractivity contribution < 1.29 is 22.5 Å². The van der Waals surface area contributed by atoms with Crippen molar-refractivity contribution in [3.8, 4) is 5.75 Å². The number of aromatic nitrogens is 3. The maximum absolute atomic E-state index is 12.4. The van der Waals surface area contributed by atoms with E-state index in [0.717, 1.165) is 5.52 Å². The molecule has 9 heteroatoms. The molecule has 2 aromatic heterocycles. The summed E-state index contributed by atoms with van der Waals surface area (Å²) in [6, 6.07) is 9.91. The summed E-state index contributed by atoms with van der Waals surface area (Å²) < 4.78 is 53.5. The SMILES string of the molecule is [O-][S+](Cc1cc(OCC(F)(F)F)ccn1)c1nc2ccccc2[nH]1. The molecule has 24 heavy (non-hydrogen) atoms. The number of rotatable bonds is 5. The van der Waals surface area contributed by atoms with Gasteiger partial charge >= 0.3 is 11.3 Å². The Kier molecular flexibility index (Phi) is 4.63. The third-order valence-corrected chi connectivity index (χ3v) is 4.24. The molecule has 0 saturated carbocycles. The molecule has 0 aliphatic carbocycles. The van der Waals surface area contributed by atoms with Gasteiger partial charge in [0.1, 0.15) is 5.75 Å². The number of nitrogens with one attached hydrogen (secondary N) is 1. The van der Waals surface area contributed by atoms with Crippen molar-refractivity contribution in [3.63, 3.8) is 0 Å². The quantitative estimate of drug-likeness (QED) is 0.713. The van der Waals surface area contributed by atoms with Crippen LogP contribution >= 0.6 is 0 Å². The molecule has 0 aliphatic rings. The van der Waals surface area contributed by atoms with Crippen LogP contribution in [-0.2, 0) is 16.9 Å². The Balaban J connectivity index is 1.70. The molecule has 2 heterocycles. The zero-order chi connectivity index (χ0) is 17.2. The Bertz CT molecular complexity index is 805. The fourth-order valence-electron chi connectivity index (χ4n) is 2.03. The van der Waals surface area contributed by atoms with E-state index in [1.54, 1.807) is 6.07 Å². The molecule has 0 bridgehead atoms. The zero-order valence-corrected chi connectivity index (χ0v) is 13.0. The van der Waals surface area contributed by atoms with E-state index >= 15 is 0 Å². The van der Waals surface area contributed by atoms with Crippen LogP contribution in [0.25, 0.3) is 11.0 Å². The van der Waals surface area contributed by atoms with Crippen LogP contribution in [0, 0.1) is 0 Å². The van der Waals surface area contributed by atoms with Crippen LogP contribution in [0.2, 0.25) is 0 Å². The van der Waals surface area contributed by atoms with Gasteiger partial charge in [0.2, 0.25) is 0 Å². The molecule has 126 valence electrons. The molecule has 0 spiro atoms. The number of halogens is 3. The molecule has 1 aromatic carbocycles. The fraction of sp³-hybridized carbons (Fsp3) is 0.200. The highest BCUT2D eigenvalue weighted by Crippen LogP contribution is 2.21. The predicted octanol–water partition coefficient (Wildman–Crippen LogP) is 3.21. The number of fused-ring (bicyclic) bond motifs is 1. The van der Waals surface area contributed by atoms with E-state index < -0.39 is 24.0 Å². The Labute approximate surface area is 138 Å². The van der Waals surface area contributed by atoms with Crippen molar-refractivity contribution in [2.24, 2.45) is 0 Å². The average molecular weight is 355 g/mol. The van der Waals surface area contributed by atoms with E-state index in [9.17, 15) is 17.7 Å². The summed E-state index contributed by atoms with van der Waals surface area (Å²) >= 11 is -1.50. The van der Waals surface area contributed by atoms with E-state index in [4.69, 9.17) is 0 Å². The van der Waals surface area contributed by atoms with Crippen LogP contribution < -0.4 is 4.74 Å². The highest BCUT2D eigenvalue weighted by atomic mass is 32.2. The number of imidazole rings is 1. The van der Waals surface area contributed by atoms with Gasteiger partial charge in [-0.15, -0.1) is 0 Å². The van der Waals surface area contributed by atoms with Crippen LogP contribution in [0.5, 0.6) is 5.75 Å². The molecule has 0 aliphatic heterocycles. The molecule has 1 unspecified atom stereocenters. The molecule has 0 saturated heterocycles. The van der Waals surface area contributed by atoms with Gasteiger partial charge in [-0.1, -0.05) is 12.1 Å². The lowest BCUT2D eigenvalue weighted by atomic mass is 10.3. The summed E-state index contributed by atoms with van der Waals surface area (Å²) in [6.07, 6.45) is -3.10. The maximum Gasteiger partial charge on any atom is 0.422 e. The lowest BCUT2D eigenvalue weighted by Gasteiger charge is -2.10. The van der Waals surface area contributed by atoms with E-state index in [2.05, 4.69) is 19.7 Å². The number of ether oxygens (including phenoxy) is 1. The van der Waals surface area contributed by atoms with Crippen molar-refractivity contribution in [2.75, 3.05) is 6.61 Å². The van der Waals surface area contributed by atoms with Crippen molar-refractivity contribution in [3.05, 3.63) is 48.3 Å². The number of benzene rings is 1. The third kappa shape index (κ3) is 4.18. The number of para-hydroxylation sites is 2. The van der Waals surface area contributed by atoms with Gasteiger partial charge in [0, 0.05) is 23.4 Å². The largest absolute Gasteiger partial charge is 0.609 e. The van der Waals surface area contributed by atoms with Crippen LogP contribution in [0.15, 0.2) is 47.8 Å². The maximum atomic E-state index is 12.4. The summed E-state index contributed by atoms with van der Waals surface area (Å²) in [5, 5.41) is 0.291.